The Morgan fingerprint density at radius 3 is 2.56 bits per heavy atom. The fourth-order valence-electron chi connectivity index (χ4n) is 3.04. The predicted octanol–water partition coefficient (Wildman–Crippen LogP) is 1.06. The van der Waals surface area contributed by atoms with Crippen molar-refractivity contribution in [2.24, 2.45) is 0 Å². The van der Waals surface area contributed by atoms with Crippen molar-refractivity contribution in [3.63, 3.8) is 0 Å². The minimum Gasteiger partial charge on any atom is -0.483 e. The summed E-state index contributed by atoms with van der Waals surface area (Å²) in [7, 11) is 0. The van der Waals surface area contributed by atoms with Gasteiger partial charge < -0.3 is 20.2 Å². The lowest BCUT2D eigenvalue weighted by atomic mass is 10.1. The Balaban J connectivity index is 0.000000701. The van der Waals surface area contributed by atoms with Crippen molar-refractivity contribution in [2.75, 3.05) is 42.5 Å². The van der Waals surface area contributed by atoms with Crippen molar-refractivity contribution >= 4 is 24.1 Å². The summed E-state index contributed by atoms with van der Waals surface area (Å²) < 4.78 is 0. The van der Waals surface area contributed by atoms with Crippen LogP contribution in [0.15, 0.2) is 6.07 Å². The van der Waals surface area contributed by atoms with Crippen LogP contribution in [0.4, 0.5) is 11.8 Å². The zero-order valence-electron chi connectivity index (χ0n) is 14.8. The van der Waals surface area contributed by atoms with E-state index >= 15 is 0 Å². The maximum absolute atomic E-state index is 11.5. The number of nitrogens with zero attached hydrogens (tertiary/aromatic N) is 4. The second-order valence-corrected chi connectivity index (χ2v) is 6.11. The van der Waals surface area contributed by atoms with E-state index in [1.807, 2.05) is 0 Å². The monoisotopic (exact) mass is 349 g/mol. The molecule has 0 unspecified atom stereocenters. The third-order valence-electron chi connectivity index (χ3n) is 4.39. The average Bonchev–Trinajstić information content (AvgIpc) is 2.87. The van der Waals surface area contributed by atoms with Gasteiger partial charge in [-0.05, 0) is 25.7 Å². The van der Waals surface area contributed by atoms with Crippen molar-refractivity contribution < 1.29 is 14.7 Å². The highest BCUT2D eigenvalue weighted by Crippen LogP contribution is 2.21. The van der Waals surface area contributed by atoms with E-state index in [2.05, 4.69) is 28.1 Å². The van der Waals surface area contributed by atoms with Crippen LogP contribution in [0.1, 0.15) is 38.3 Å². The van der Waals surface area contributed by atoms with E-state index in [4.69, 9.17) is 19.9 Å². The summed E-state index contributed by atoms with van der Waals surface area (Å²) in [5.74, 6) is 1.95. The third kappa shape index (κ3) is 5.58. The van der Waals surface area contributed by atoms with Gasteiger partial charge in [0.25, 0.3) is 6.47 Å². The summed E-state index contributed by atoms with van der Waals surface area (Å²) in [6.07, 6.45) is 5.18. The molecule has 8 heteroatoms. The van der Waals surface area contributed by atoms with Gasteiger partial charge in [0.15, 0.2) is 0 Å². The van der Waals surface area contributed by atoms with Crippen molar-refractivity contribution in [1.29, 1.82) is 0 Å². The number of piperidine rings is 1. The molecule has 8 nitrogen and oxygen atoms in total. The molecule has 1 aromatic rings. The summed E-state index contributed by atoms with van der Waals surface area (Å²) in [6, 6.07) is 2.07. The first kappa shape index (κ1) is 19.0. The topological polar surface area (TPSA) is 98.7 Å². The molecule has 2 fully saturated rings. The molecule has 0 saturated carbocycles. The molecular weight excluding hydrogens is 322 g/mol. The van der Waals surface area contributed by atoms with Gasteiger partial charge in [0.1, 0.15) is 5.82 Å². The first-order valence-electron chi connectivity index (χ1n) is 8.90. The molecule has 1 aromatic heterocycles. The van der Waals surface area contributed by atoms with Crippen molar-refractivity contribution in [3.05, 3.63) is 11.8 Å². The van der Waals surface area contributed by atoms with E-state index in [0.29, 0.717) is 13.0 Å². The molecule has 0 atom stereocenters. The van der Waals surface area contributed by atoms with E-state index in [1.165, 1.54) is 19.3 Å². The Labute approximate surface area is 148 Å². The average molecular weight is 349 g/mol. The minimum atomic E-state index is -0.250. The number of nitrogens with one attached hydrogen (secondary N) is 1. The van der Waals surface area contributed by atoms with Gasteiger partial charge in [-0.25, -0.2) is 4.98 Å². The van der Waals surface area contributed by atoms with E-state index in [9.17, 15) is 4.79 Å². The smallest absolute Gasteiger partial charge is 0.290 e. The second kappa shape index (κ2) is 9.80. The Morgan fingerprint density at radius 1 is 1.16 bits per heavy atom. The van der Waals surface area contributed by atoms with Crippen molar-refractivity contribution in [3.8, 4) is 0 Å². The Kier molecular flexibility index (Phi) is 7.43. The highest BCUT2D eigenvalue weighted by atomic mass is 16.3. The van der Waals surface area contributed by atoms with Gasteiger partial charge in [-0.2, -0.15) is 4.98 Å². The number of rotatable bonds is 3. The summed E-state index contributed by atoms with van der Waals surface area (Å²) in [6.45, 7) is 6.19. The van der Waals surface area contributed by atoms with Crippen LogP contribution in [0.5, 0.6) is 0 Å². The van der Waals surface area contributed by atoms with Gasteiger partial charge in [0, 0.05) is 50.9 Å². The van der Waals surface area contributed by atoms with Gasteiger partial charge in [-0.3, -0.25) is 9.59 Å². The number of hydrogen-bond acceptors (Lipinski definition) is 6. The van der Waals surface area contributed by atoms with E-state index < -0.39 is 0 Å². The molecule has 0 bridgehead atoms. The maximum Gasteiger partial charge on any atom is 0.290 e. The van der Waals surface area contributed by atoms with Gasteiger partial charge >= 0.3 is 0 Å². The van der Waals surface area contributed by atoms with Crippen LogP contribution in [0, 0.1) is 0 Å². The predicted molar refractivity (Wildman–Crippen MR) is 96.0 cm³/mol. The van der Waals surface area contributed by atoms with Crippen LogP contribution in [-0.2, 0) is 16.0 Å². The largest absolute Gasteiger partial charge is 0.483 e. The molecule has 2 aliphatic heterocycles. The molecule has 0 radical (unpaired) electrons. The number of carboxylic acid groups (broad SMARTS) is 1. The molecule has 2 N–H and O–H groups in total. The standard InChI is InChI=1S/C16H25N5O.CH2O2/c1-2-13-12-14(20-10-6-15(22)17-7-11-20)19-16(18-13)21-8-4-3-5-9-21;2-1-3/h12H,2-11H2,1H3,(H,17,22);1H,(H,2,3). The summed E-state index contributed by atoms with van der Waals surface area (Å²) in [5.41, 5.74) is 1.08. The number of anilines is 2. The van der Waals surface area contributed by atoms with Gasteiger partial charge in [-0.1, -0.05) is 6.92 Å². The molecular formula is C17H27N5O3. The molecule has 1 amide bonds. The number of aryl methyl sites for hydroxylation is 1. The van der Waals surface area contributed by atoms with E-state index in [1.54, 1.807) is 0 Å². The van der Waals surface area contributed by atoms with E-state index in [-0.39, 0.29) is 12.4 Å². The number of carbonyl (C=O) groups excluding carboxylic acids is 1. The van der Waals surface area contributed by atoms with Gasteiger partial charge in [0.2, 0.25) is 11.9 Å². The highest BCUT2D eigenvalue weighted by Gasteiger charge is 2.19. The first-order valence-corrected chi connectivity index (χ1v) is 8.90. The van der Waals surface area contributed by atoms with Crippen LogP contribution < -0.4 is 15.1 Å². The molecule has 3 heterocycles. The molecule has 2 saturated heterocycles. The number of amides is 1. The van der Waals surface area contributed by atoms with Crippen LogP contribution in [0.2, 0.25) is 0 Å². The maximum atomic E-state index is 11.5. The highest BCUT2D eigenvalue weighted by molar-refractivity contribution is 5.77. The summed E-state index contributed by atoms with van der Waals surface area (Å²) >= 11 is 0. The fraction of sp³-hybridized carbons (Fsp3) is 0.647. The molecule has 3 rings (SSSR count). The molecule has 138 valence electrons. The van der Waals surface area contributed by atoms with Crippen LogP contribution in [0.25, 0.3) is 0 Å². The normalized spacial score (nSPS) is 17.9. The number of hydrogen-bond donors (Lipinski definition) is 2. The molecule has 2 aliphatic rings. The van der Waals surface area contributed by atoms with Gasteiger partial charge in [0.05, 0.1) is 0 Å². The third-order valence-corrected chi connectivity index (χ3v) is 4.39. The Hall–Kier alpha value is -2.38. The summed E-state index contributed by atoms with van der Waals surface area (Å²) in [4.78, 5) is 33.9. The molecule has 25 heavy (non-hydrogen) atoms. The number of carbonyl (C=O) groups is 2. The molecule has 0 aliphatic carbocycles. The zero-order valence-corrected chi connectivity index (χ0v) is 14.8. The minimum absolute atomic E-state index is 0.128. The van der Waals surface area contributed by atoms with Crippen molar-refractivity contribution in [2.45, 2.75) is 39.0 Å². The Bertz CT molecular complexity index is 575. The SMILES string of the molecule is CCc1cc(N2CCNC(=O)CC2)nc(N2CCCCC2)n1.O=CO. The lowest BCUT2D eigenvalue weighted by molar-refractivity contribution is -0.123. The van der Waals surface area contributed by atoms with Crippen LogP contribution >= 0.6 is 0 Å². The van der Waals surface area contributed by atoms with Crippen molar-refractivity contribution in [1.82, 2.24) is 15.3 Å². The van der Waals surface area contributed by atoms with Crippen LogP contribution in [0.3, 0.4) is 0 Å². The lowest BCUT2D eigenvalue weighted by Crippen LogP contribution is -2.33. The first-order chi connectivity index (χ1) is 12.2. The number of aromatic nitrogens is 2. The zero-order chi connectivity index (χ0) is 18.1. The van der Waals surface area contributed by atoms with E-state index in [0.717, 1.165) is 50.1 Å². The fourth-order valence-corrected chi connectivity index (χ4v) is 3.04. The molecule has 0 spiro atoms. The molecule has 0 aromatic carbocycles. The van der Waals surface area contributed by atoms with Crippen LogP contribution in [-0.4, -0.2) is 60.2 Å². The lowest BCUT2D eigenvalue weighted by Gasteiger charge is -2.29. The quantitative estimate of drug-likeness (QED) is 0.787. The summed E-state index contributed by atoms with van der Waals surface area (Å²) in [5, 5.41) is 9.81. The Morgan fingerprint density at radius 2 is 1.88 bits per heavy atom. The van der Waals surface area contributed by atoms with Gasteiger partial charge in [-0.15, -0.1) is 0 Å². The second-order valence-electron chi connectivity index (χ2n) is 6.11.